The molecule has 0 nitrogen and oxygen atoms in total. The number of hydrogen-bond acceptors (Lipinski definition) is 0. The Morgan fingerprint density at radius 3 is 2.75 bits per heavy atom. The fraction of sp³-hybridized carbons (Fsp3) is 0.833. The zero-order valence-corrected chi connectivity index (χ0v) is 8.39. The van der Waals surface area contributed by atoms with Crippen LogP contribution in [0, 0.1) is 11.8 Å². The summed E-state index contributed by atoms with van der Waals surface area (Å²) in [6.45, 7) is 6.15. The molecule has 0 bridgehead atoms. The Morgan fingerprint density at radius 1 is 1.33 bits per heavy atom. The smallest absolute Gasteiger partial charge is 0.0233 e. The summed E-state index contributed by atoms with van der Waals surface area (Å²) in [4.78, 5) is 0. The van der Waals surface area contributed by atoms with E-state index >= 15 is 0 Å². The van der Waals surface area contributed by atoms with Crippen molar-refractivity contribution in [2.24, 2.45) is 11.8 Å². The normalized spacial score (nSPS) is 29.1. The quantitative estimate of drug-likeness (QED) is 0.425. The van der Waals surface area contributed by atoms with Crippen LogP contribution in [0.4, 0.5) is 0 Å². The van der Waals surface area contributed by atoms with E-state index in [0.29, 0.717) is 0 Å². The standard InChI is InChI=1S/C12H22/c1-3-5-6-7-12-9-8-11(4-2)10-12/h4,11-12H,2-3,5-10H2,1H3. The first-order valence-corrected chi connectivity index (χ1v) is 5.49. The predicted molar refractivity (Wildman–Crippen MR) is 55.2 cm³/mol. The summed E-state index contributed by atoms with van der Waals surface area (Å²) in [5, 5.41) is 0. The van der Waals surface area contributed by atoms with Crippen molar-refractivity contribution in [2.75, 3.05) is 0 Å². The van der Waals surface area contributed by atoms with Gasteiger partial charge in [0.25, 0.3) is 0 Å². The van der Waals surface area contributed by atoms with Crippen molar-refractivity contribution >= 4 is 0 Å². The summed E-state index contributed by atoms with van der Waals surface area (Å²) < 4.78 is 0. The van der Waals surface area contributed by atoms with Crippen LogP contribution in [0.15, 0.2) is 12.7 Å². The maximum Gasteiger partial charge on any atom is -0.0233 e. The molecule has 1 aliphatic carbocycles. The summed E-state index contributed by atoms with van der Waals surface area (Å²) >= 11 is 0. The molecule has 1 fully saturated rings. The molecule has 0 aromatic rings. The molecule has 70 valence electrons. The molecule has 2 atom stereocenters. The zero-order valence-electron chi connectivity index (χ0n) is 8.39. The van der Waals surface area contributed by atoms with Gasteiger partial charge in [-0.25, -0.2) is 0 Å². The summed E-state index contributed by atoms with van der Waals surface area (Å²) in [5.41, 5.74) is 0. The molecule has 0 aromatic heterocycles. The molecule has 0 heterocycles. The van der Waals surface area contributed by atoms with Crippen LogP contribution in [-0.2, 0) is 0 Å². The largest absolute Gasteiger partial charge is 0.103 e. The molecule has 12 heavy (non-hydrogen) atoms. The van der Waals surface area contributed by atoms with Gasteiger partial charge in [-0.1, -0.05) is 38.7 Å². The molecular weight excluding hydrogens is 144 g/mol. The Morgan fingerprint density at radius 2 is 2.17 bits per heavy atom. The fourth-order valence-corrected chi connectivity index (χ4v) is 2.27. The molecule has 0 amide bonds. The molecule has 0 aliphatic heterocycles. The fourth-order valence-electron chi connectivity index (χ4n) is 2.27. The third-order valence-electron chi connectivity index (χ3n) is 3.13. The predicted octanol–water partition coefficient (Wildman–Crippen LogP) is 4.17. The van der Waals surface area contributed by atoms with Crippen LogP contribution < -0.4 is 0 Å². The van der Waals surface area contributed by atoms with Crippen LogP contribution in [0.25, 0.3) is 0 Å². The summed E-state index contributed by atoms with van der Waals surface area (Å²) in [6.07, 6.45) is 12.1. The van der Waals surface area contributed by atoms with Crippen LogP contribution in [0.1, 0.15) is 51.9 Å². The highest BCUT2D eigenvalue weighted by molar-refractivity contribution is 4.86. The number of unbranched alkanes of at least 4 members (excludes halogenated alkanes) is 2. The van der Waals surface area contributed by atoms with E-state index in [0.717, 1.165) is 11.8 Å². The Hall–Kier alpha value is -0.260. The van der Waals surface area contributed by atoms with Crippen LogP contribution in [-0.4, -0.2) is 0 Å². The molecule has 1 saturated carbocycles. The molecular formula is C12H22. The van der Waals surface area contributed by atoms with Gasteiger partial charge in [-0.3, -0.25) is 0 Å². The monoisotopic (exact) mass is 166 g/mol. The SMILES string of the molecule is C=CC1CCC(CCCCC)C1. The number of allylic oxidation sites excluding steroid dienone is 1. The van der Waals surface area contributed by atoms with Gasteiger partial charge in [0.05, 0.1) is 0 Å². The van der Waals surface area contributed by atoms with Crippen LogP contribution in [0.3, 0.4) is 0 Å². The average Bonchev–Trinajstić information content (AvgIpc) is 2.53. The van der Waals surface area contributed by atoms with Crippen molar-refractivity contribution in [2.45, 2.75) is 51.9 Å². The Balaban J connectivity index is 2.06. The van der Waals surface area contributed by atoms with E-state index in [1.807, 2.05) is 0 Å². The minimum absolute atomic E-state index is 0.844. The molecule has 0 heteroatoms. The van der Waals surface area contributed by atoms with E-state index in [-0.39, 0.29) is 0 Å². The van der Waals surface area contributed by atoms with E-state index < -0.39 is 0 Å². The van der Waals surface area contributed by atoms with Gasteiger partial charge < -0.3 is 0 Å². The Labute approximate surface area is 77.1 Å². The third-order valence-corrected chi connectivity index (χ3v) is 3.13. The molecule has 0 saturated heterocycles. The molecule has 0 aromatic carbocycles. The van der Waals surface area contributed by atoms with Crippen molar-refractivity contribution < 1.29 is 0 Å². The van der Waals surface area contributed by atoms with Gasteiger partial charge >= 0.3 is 0 Å². The number of rotatable bonds is 5. The number of hydrogen-bond donors (Lipinski definition) is 0. The molecule has 1 aliphatic rings. The van der Waals surface area contributed by atoms with Crippen LogP contribution >= 0.6 is 0 Å². The lowest BCUT2D eigenvalue weighted by Crippen LogP contribution is -1.94. The van der Waals surface area contributed by atoms with Gasteiger partial charge in [0, 0.05) is 0 Å². The molecule has 0 spiro atoms. The van der Waals surface area contributed by atoms with Gasteiger partial charge in [-0.2, -0.15) is 0 Å². The van der Waals surface area contributed by atoms with Gasteiger partial charge in [0.1, 0.15) is 0 Å². The first-order chi connectivity index (χ1) is 5.86. The van der Waals surface area contributed by atoms with E-state index in [1.165, 1.54) is 44.9 Å². The average molecular weight is 166 g/mol. The molecule has 1 rings (SSSR count). The second-order valence-electron chi connectivity index (χ2n) is 4.17. The van der Waals surface area contributed by atoms with Gasteiger partial charge in [0.15, 0.2) is 0 Å². The van der Waals surface area contributed by atoms with Gasteiger partial charge in [-0.15, -0.1) is 6.58 Å². The second kappa shape index (κ2) is 5.40. The maximum atomic E-state index is 3.87. The summed E-state index contributed by atoms with van der Waals surface area (Å²) in [6, 6.07) is 0. The molecule has 2 unspecified atom stereocenters. The van der Waals surface area contributed by atoms with E-state index in [1.54, 1.807) is 0 Å². The lowest BCUT2D eigenvalue weighted by molar-refractivity contribution is 0.462. The highest BCUT2D eigenvalue weighted by atomic mass is 14.3. The summed E-state index contributed by atoms with van der Waals surface area (Å²) in [5.74, 6) is 1.87. The minimum atomic E-state index is 0.844. The molecule has 0 radical (unpaired) electrons. The zero-order chi connectivity index (χ0) is 8.81. The van der Waals surface area contributed by atoms with Crippen LogP contribution in [0.5, 0.6) is 0 Å². The van der Waals surface area contributed by atoms with Gasteiger partial charge in [0.2, 0.25) is 0 Å². The maximum absolute atomic E-state index is 3.87. The first-order valence-electron chi connectivity index (χ1n) is 5.49. The third kappa shape index (κ3) is 3.00. The van der Waals surface area contributed by atoms with Crippen LogP contribution in [0.2, 0.25) is 0 Å². The first kappa shape index (κ1) is 9.83. The Bertz CT molecular complexity index is 126. The molecule has 0 N–H and O–H groups in total. The summed E-state index contributed by atoms with van der Waals surface area (Å²) in [7, 11) is 0. The highest BCUT2D eigenvalue weighted by Crippen LogP contribution is 2.34. The van der Waals surface area contributed by atoms with E-state index in [9.17, 15) is 0 Å². The van der Waals surface area contributed by atoms with Crippen molar-refractivity contribution in [3.63, 3.8) is 0 Å². The minimum Gasteiger partial charge on any atom is -0.103 e. The topological polar surface area (TPSA) is 0 Å². The van der Waals surface area contributed by atoms with Crippen molar-refractivity contribution in [3.05, 3.63) is 12.7 Å². The highest BCUT2D eigenvalue weighted by Gasteiger charge is 2.21. The van der Waals surface area contributed by atoms with Gasteiger partial charge in [-0.05, 0) is 31.1 Å². The van der Waals surface area contributed by atoms with E-state index in [2.05, 4.69) is 19.6 Å². The lowest BCUT2D eigenvalue weighted by Gasteiger charge is -2.07. The van der Waals surface area contributed by atoms with Crippen molar-refractivity contribution in [1.82, 2.24) is 0 Å². The van der Waals surface area contributed by atoms with Crippen molar-refractivity contribution in [3.8, 4) is 0 Å². The second-order valence-corrected chi connectivity index (χ2v) is 4.17. The lowest BCUT2D eigenvalue weighted by atomic mass is 9.98. The Kier molecular flexibility index (Phi) is 4.42. The van der Waals surface area contributed by atoms with E-state index in [4.69, 9.17) is 0 Å². The van der Waals surface area contributed by atoms with Crippen molar-refractivity contribution in [1.29, 1.82) is 0 Å².